The number of ether oxygens (including phenoxy) is 1. The van der Waals surface area contributed by atoms with E-state index in [-0.39, 0.29) is 5.92 Å². The first kappa shape index (κ1) is 12.9. The van der Waals surface area contributed by atoms with Crippen LogP contribution in [0.5, 0.6) is 5.75 Å². The van der Waals surface area contributed by atoms with E-state index in [1.807, 2.05) is 19.1 Å². The number of aliphatic carboxylic acids is 1. The van der Waals surface area contributed by atoms with Crippen LogP contribution >= 0.6 is 0 Å². The van der Waals surface area contributed by atoms with Crippen LogP contribution in [0.2, 0.25) is 0 Å². The summed E-state index contributed by atoms with van der Waals surface area (Å²) in [4.78, 5) is 10.8. The summed E-state index contributed by atoms with van der Waals surface area (Å²) in [6, 6.07) is 8.12. The molecule has 3 atom stereocenters. The Labute approximate surface area is 108 Å². The number of hydrogen-bond donors (Lipinski definition) is 1. The van der Waals surface area contributed by atoms with Gasteiger partial charge in [0, 0.05) is 0 Å². The van der Waals surface area contributed by atoms with Gasteiger partial charge in [-0.15, -0.1) is 0 Å². The van der Waals surface area contributed by atoms with Crippen molar-refractivity contribution in [3.8, 4) is 5.75 Å². The van der Waals surface area contributed by atoms with Crippen LogP contribution in [0.25, 0.3) is 0 Å². The Hall–Kier alpha value is -1.51. The first-order valence-corrected chi connectivity index (χ1v) is 6.57. The van der Waals surface area contributed by atoms with Crippen LogP contribution in [0.4, 0.5) is 0 Å². The van der Waals surface area contributed by atoms with Crippen LogP contribution in [-0.2, 0) is 4.79 Å². The molecule has 0 saturated heterocycles. The number of carboxylic acids is 1. The predicted octanol–water partition coefficient (Wildman–Crippen LogP) is 3.30. The third-order valence-corrected chi connectivity index (χ3v) is 3.66. The summed E-state index contributed by atoms with van der Waals surface area (Å²) in [6.07, 6.45) is 1.81. The zero-order chi connectivity index (χ0) is 13.1. The largest absolute Gasteiger partial charge is 0.494 e. The topological polar surface area (TPSA) is 46.5 Å². The minimum absolute atomic E-state index is 0.102. The Morgan fingerprint density at radius 2 is 2.11 bits per heavy atom. The van der Waals surface area contributed by atoms with Gasteiger partial charge in [0.25, 0.3) is 0 Å². The van der Waals surface area contributed by atoms with E-state index < -0.39 is 5.97 Å². The second-order valence-corrected chi connectivity index (χ2v) is 5.08. The highest BCUT2D eigenvalue weighted by Gasteiger charge is 2.43. The van der Waals surface area contributed by atoms with E-state index in [0.717, 1.165) is 18.6 Å². The monoisotopic (exact) mass is 248 g/mol. The SMILES string of the molecule is CCOc1ccc(C(C)CC2CC2C(=O)O)cc1. The van der Waals surface area contributed by atoms with E-state index >= 15 is 0 Å². The first-order chi connectivity index (χ1) is 8.61. The van der Waals surface area contributed by atoms with Gasteiger partial charge in [0.1, 0.15) is 5.75 Å². The van der Waals surface area contributed by atoms with Crippen molar-refractivity contribution >= 4 is 5.97 Å². The standard InChI is InChI=1S/C15H20O3/c1-3-18-13-6-4-11(5-7-13)10(2)8-12-9-14(12)15(16)17/h4-7,10,12,14H,3,8-9H2,1-2H3,(H,16,17). The van der Waals surface area contributed by atoms with Gasteiger partial charge >= 0.3 is 5.97 Å². The molecule has 1 aliphatic carbocycles. The fourth-order valence-corrected chi connectivity index (χ4v) is 2.46. The van der Waals surface area contributed by atoms with Crippen LogP contribution in [-0.4, -0.2) is 17.7 Å². The van der Waals surface area contributed by atoms with Crippen molar-refractivity contribution in [3.63, 3.8) is 0 Å². The quantitative estimate of drug-likeness (QED) is 0.840. The second-order valence-electron chi connectivity index (χ2n) is 5.08. The fraction of sp³-hybridized carbons (Fsp3) is 0.533. The lowest BCUT2D eigenvalue weighted by molar-refractivity contribution is -0.138. The van der Waals surface area contributed by atoms with Gasteiger partial charge in [-0.25, -0.2) is 0 Å². The smallest absolute Gasteiger partial charge is 0.306 e. The summed E-state index contributed by atoms with van der Waals surface area (Å²) in [6.45, 7) is 4.81. The molecule has 0 aliphatic heterocycles. The molecule has 1 aromatic carbocycles. The second kappa shape index (κ2) is 5.42. The molecule has 1 saturated carbocycles. The van der Waals surface area contributed by atoms with Crippen LogP contribution in [0.15, 0.2) is 24.3 Å². The Balaban J connectivity index is 1.89. The molecule has 98 valence electrons. The molecule has 1 aliphatic rings. The van der Waals surface area contributed by atoms with E-state index in [9.17, 15) is 4.79 Å². The van der Waals surface area contributed by atoms with Crippen molar-refractivity contribution in [3.05, 3.63) is 29.8 Å². The van der Waals surface area contributed by atoms with Crippen LogP contribution in [0.3, 0.4) is 0 Å². The summed E-state index contributed by atoms with van der Waals surface area (Å²) in [5.74, 6) is 0.927. The van der Waals surface area contributed by atoms with E-state index in [1.165, 1.54) is 5.56 Å². The van der Waals surface area contributed by atoms with E-state index in [0.29, 0.717) is 18.4 Å². The first-order valence-electron chi connectivity index (χ1n) is 6.57. The van der Waals surface area contributed by atoms with Crippen molar-refractivity contribution < 1.29 is 14.6 Å². The highest BCUT2D eigenvalue weighted by atomic mass is 16.5. The van der Waals surface area contributed by atoms with Crippen molar-refractivity contribution in [2.24, 2.45) is 11.8 Å². The number of hydrogen-bond acceptors (Lipinski definition) is 2. The summed E-state index contributed by atoms with van der Waals surface area (Å²) in [5, 5.41) is 8.89. The predicted molar refractivity (Wildman–Crippen MR) is 69.9 cm³/mol. The normalized spacial score (nSPS) is 23.4. The number of benzene rings is 1. The van der Waals surface area contributed by atoms with Crippen LogP contribution in [0, 0.1) is 11.8 Å². The molecule has 0 heterocycles. The highest BCUT2D eigenvalue weighted by molar-refractivity contribution is 5.73. The third-order valence-electron chi connectivity index (χ3n) is 3.66. The van der Waals surface area contributed by atoms with Gasteiger partial charge in [0.15, 0.2) is 0 Å². The molecule has 0 aromatic heterocycles. The van der Waals surface area contributed by atoms with Gasteiger partial charge in [-0.3, -0.25) is 4.79 Å². The van der Waals surface area contributed by atoms with Crippen molar-refractivity contribution in [1.82, 2.24) is 0 Å². The summed E-state index contributed by atoms with van der Waals surface area (Å²) >= 11 is 0. The molecule has 0 spiro atoms. The number of carbonyl (C=O) groups is 1. The zero-order valence-electron chi connectivity index (χ0n) is 10.9. The molecule has 3 unspecified atom stereocenters. The van der Waals surface area contributed by atoms with E-state index in [4.69, 9.17) is 9.84 Å². The average Bonchev–Trinajstić information content (AvgIpc) is 3.10. The van der Waals surface area contributed by atoms with Gasteiger partial charge in [-0.2, -0.15) is 0 Å². The maximum atomic E-state index is 10.8. The summed E-state index contributed by atoms with van der Waals surface area (Å²) in [5.41, 5.74) is 1.26. The van der Waals surface area contributed by atoms with Gasteiger partial charge < -0.3 is 9.84 Å². The van der Waals surface area contributed by atoms with Crippen molar-refractivity contribution in [1.29, 1.82) is 0 Å². The number of rotatable bonds is 6. The lowest BCUT2D eigenvalue weighted by atomic mass is 9.95. The highest BCUT2D eigenvalue weighted by Crippen LogP contribution is 2.45. The van der Waals surface area contributed by atoms with Crippen molar-refractivity contribution in [2.45, 2.75) is 32.6 Å². The Morgan fingerprint density at radius 1 is 1.44 bits per heavy atom. The molecular formula is C15H20O3. The van der Waals surface area contributed by atoms with Crippen LogP contribution < -0.4 is 4.74 Å². The molecule has 1 N–H and O–H groups in total. The summed E-state index contributed by atoms with van der Waals surface area (Å²) < 4.78 is 5.40. The number of carboxylic acid groups (broad SMARTS) is 1. The van der Waals surface area contributed by atoms with Crippen molar-refractivity contribution in [2.75, 3.05) is 6.61 Å². The van der Waals surface area contributed by atoms with Gasteiger partial charge in [0.05, 0.1) is 12.5 Å². The van der Waals surface area contributed by atoms with E-state index in [1.54, 1.807) is 0 Å². The molecule has 1 aromatic rings. The van der Waals surface area contributed by atoms with Gasteiger partial charge in [-0.05, 0) is 49.3 Å². The molecule has 18 heavy (non-hydrogen) atoms. The fourth-order valence-electron chi connectivity index (χ4n) is 2.46. The maximum Gasteiger partial charge on any atom is 0.306 e. The third kappa shape index (κ3) is 3.03. The Bertz CT molecular complexity index is 410. The molecule has 1 fully saturated rings. The molecule has 3 nitrogen and oxygen atoms in total. The Kier molecular flexibility index (Phi) is 3.90. The molecule has 3 heteroatoms. The molecule has 0 radical (unpaired) electrons. The molecule has 0 amide bonds. The zero-order valence-corrected chi connectivity index (χ0v) is 10.9. The minimum atomic E-state index is -0.640. The minimum Gasteiger partial charge on any atom is -0.494 e. The van der Waals surface area contributed by atoms with Gasteiger partial charge in [-0.1, -0.05) is 19.1 Å². The lowest BCUT2D eigenvalue weighted by Crippen LogP contribution is -2.02. The van der Waals surface area contributed by atoms with Gasteiger partial charge in [0.2, 0.25) is 0 Å². The Morgan fingerprint density at radius 3 is 2.61 bits per heavy atom. The average molecular weight is 248 g/mol. The molecule has 0 bridgehead atoms. The van der Waals surface area contributed by atoms with Crippen LogP contribution in [0.1, 0.15) is 38.2 Å². The molecule has 2 rings (SSSR count). The molecular weight excluding hydrogens is 228 g/mol. The lowest BCUT2D eigenvalue weighted by Gasteiger charge is -2.12. The summed E-state index contributed by atoms with van der Waals surface area (Å²) in [7, 11) is 0. The maximum absolute atomic E-state index is 10.8. The van der Waals surface area contributed by atoms with E-state index in [2.05, 4.69) is 19.1 Å².